The molecule has 2 aromatic rings. The summed E-state index contributed by atoms with van der Waals surface area (Å²) in [7, 11) is 0. The minimum absolute atomic E-state index is 0.0323. The molecule has 0 spiro atoms. The van der Waals surface area contributed by atoms with E-state index in [4.69, 9.17) is 14.5 Å². The van der Waals surface area contributed by atoms with Crippen LogP contribution in [0.4, 0.5) is 0 Å². The molecule has 0 fully saturated rings. The molecule has 0 radical (unpaired) electrons. The zero-order chi connectivity index (χ0) is 21.9. The number of carbonyl (C=O) groups is 1. The molecule has 2 rings (SSSR count). The first-order valence-corrected chi connectivity index (χ1v) is 10.7. The van der Waals surface area contributed by atoms with Crippen molar-refractivity contribution in [2.45, 2.75) is 76.9 Å². The van der Waals surface area contributed by atoms with Crippen LogP contribution in [0, 0.1) is 0 Å². The second-order valence-corrected chi connectivity index (χ2v) is 7.73. The quantitative estimate of drug-likeness (QED) is 0.397. The van der Waals surface area contributed by atoms with Crippen molar-refractivity contribution >= 4 is 12.0 Å². The minimum Gasteiger partial charge on any atom is -0.481 e. The third kappa shape index (κ3) is 7.43. The Hall–Kier alpha value is -2.44. The molecule has 0 aliphatic heterocycles. The van der Waals surface area contributed by atoms with Crippen LogP contribution in [-0.4, -0.2) is 38.5 Å². The number of carboxylic acids is 1. The van der Waals surface area contributed by atoms with Crippen molar-refractivity contribution in [2.24, 2.45) is 0 Å². The molecule has 3 atom stereocenters. The van der Waals surface area contributed by atoms with Crippen molar-refractivity contribution in [3.63, 3.8) is 0 Å². The first-order chi connectivity index (χ1) is 14.4. The van der Waals surface area contributed by atoms with Gasteiger partial charge in [0.1, 0.15) is 0 Å². The van der Waals surface area contributed by atoms with E-state index in [9.17, 15) is 15.0 Å². The summed E-state index contributed by atoms with van der Waals surface area (Å²) >= 11 is 0. The third-order valence-corrected chi connectivity index (χ3v) is 5.14. The summed E-state index contributed by atoms with van der Waals surface area (Å²) in [5, 5.41) is 29.0. The van der Waals surface area contributed by atoms with Crippen molar-refractivity contribution in [3.05, 3.63) is 47.9 Å². The fourth-order valence-corrected chi connectivity index (χ4v) is 3.31. The molecule has 0 aliphatic carbocycles. The van der Waals surface area contributed by atoms with Gasteiger partial charge in [0.15, 0.2) is 5.76 Å². The van der Waals surface area contributed by atoms with Gasteiger partial charge in [-0.25, -0.2) is 4.98 Å². The number of nitrogens with zero attached hydrogens (tertiary/aromatic N) is 1. The highest BCUT2D eigenvalue weighted by atomic mass is 16.4. The number of rotatable bonds is 13. The van der Waals surface area contributed by atoms with Gasteiger partial charge in [0, 0.05) is 17.9 Å². The van der Waals surface area contributed by atoms with Crippen LogP contribution in [0.5, 0.6) is 0 Å². The Labute approximate surface area is 178 Å². The van der Waals surface area contributed by atoms with Crippen molar-refractivity contribution in [3.8, 4) is 11.5 Å². The van der Waals surface area contributed by atoms with Crippen LogP contribution < -0.4 is 0 Å². The molecular weight excluding hydrogens is 382 g/mol. The number of benzene rings is 1. The van der Waals surface area contributed by atoms with Gasteiger partial charge in [-0.1, -0.05) is 51.3 Å². The van der Waals surface area contributed by atoms with Gasteiger partial charge in [-0.2, -0.15) is 0 Å². The normalized spacial score (nSPS) is 14.7. The number of hydrogen-bond acceptors (Lipinski definition) is 5. The van der Waals surface area contributed by atoms with E-state index >= 15 is 0 Å². The molecule has 0 saturated heterocycles. The van der Waals surface area contributed by atoms with Crippen molar-refractivity contribution in [1.82, 2.24) is 4.98 Å². The first kappa shape index (κ1) is 23.8. The van der Waals surface area contributed by atoms with Crippen LogP contribution in [0.2, 0.25) is 0 Å². The van der Waals surface area contributed by atoms with Crippen molar-refractivity contribution in [2.75, 3.05) is 0 Å². The van der Waals surface area contributed by atoms with E-state index in [0.717, 1.165) is 30.5 Å². The fourth-order valence-electron chi connectivity index (χ4n) is 3.31. The summed E-state index contributed by atoms with van der Waals surface area (Å²) in [5.74, 6) is 0.401. The Kier molecular flexibility index (Phi) is 9.77. The molecule has 1 aromatic heterocycles. The molecule has 6 heteroatoms. The molecule has 0 saturated carbocycles. The molecule has 1 aromatic carbocycles. The largest absolute Gasteiger partial charge is 0.481 e. The molecule has 6 nitrogen and oxygen atoms in total. The van der Waals surface area contributed by atoms with Crippen LogP contribution >= 0.6 is 0 Å². The maximum Gasteiger partial charge on any atom is 0.303 e. The van der Waals surface area contributed by atoms with Gasteiger partial charge in [0.25, 0.3) is 0 Å². The van der Waals surface area contributed by atoms with Gasteiger partial charge < -0.3 is 19.7 Å². The van der Waals surface area contributed by atoms with Crippen LogP contribution in [-0.2, 0) is 4.79 Å². The molecule has 0 amide bonds. The number of oxazole rings is 1. The molecule has 1 heterocycles. The lowest BCUT2D eigenvalue weighted by molar-refractivity contribution is -0.137. The highest BCUT2D eigenvalue weighted by Gasteiger charge is 2.19. The minimum atomic E-state index is -1.10. The van der Waals surface area contributed by atoms with Crippen LogP contribution in [0.25, 0.3) is 17.5 Å². The number of aliphatic carboxylic acids is 1. The fraction of sp³-hybridized carbons (Fsp3) is 0.500. The van der Waals surface area contributed by atoms with Crippen LogP contribution in [0.15, 0.2) is 40.8 Å². The Bertz CT molecular complexity index is 799. The Morgan fingerprint density at radius 3 is 2.53 bits per heavy atom. The Balaban J connectivity index is 2.16. The lowest BCUT2D eigenvalue weighted by atomic mass is 9.98. The SMILES string of the molecule is CCCCC[C@H](C)c1nc(-c2ccccc2)oc1/C=C/[C@@H](O)[C@@H](O)CCCC(=O)O. The number of carboxylic acid groups (broad SMARTS) is 1. The zero-order valence-corrected chi connectivity index (χ0v) is 17.8. The van der Waals surface area contributed by atoms with Gasteiger partial charge >= 0.3 is 5.97 Å². The molecule has 0 bridgehead atoms. The second-order valence-electron chi connectivity index (χ2n) is 7.73. The molecule has 0 aliphatic rings. The van der Waals surface area contributed by atoms with Crippen LogP contribution in [0.3, 0.4) is 0 Å². The van der Waals surface area contributed by atoms with Gasteiger partial charge in [0.05, 0.1) is 17.9 Å². The Morgan fingerprint density at radius 1 is 1.13 bits per heavy atom. The Morgan fingerprint density at radius 2 is 1.87 bits per heavy atom. The van der Waals surface area contributed by atoms with Gasteiger partial charge in [-0.05, 0) is 43.5 Å². The number of aliphatic hydroxyl groups is 2. The number of aliphatic hydroxyl groups excluding tert-OH is 2. The van der Waals surface area contributed by atoms with Crippen molar-refractivity contribution < 1.29 is 24.5 Å². The smallest absolute Gasteiger partial charge is 0.303 e. The lowest BCUT2D eigenvalue weighted by Gasteiger charge is -2.13. The second kappa shape index (κ2) is 12.3. The molecule has 30 heavy (non-hydrogen) atoms. The van der Waals surface area contributed by atoms with Gasteiger partial charge in [0.2, 0.25) is 5.89 Å². The van der Waals surface area contributed by atoms with E-state index in [1.165, 1.54) is 12.5 Å². The predicted octanol–water partition coefficient (Wildman–Crippen LogP) is 5.02. The lowest BCUT2D eigenvalue weighted by Crippen LogP contribution is -2.23. The summed E-state index contributed by atoms with van der Waals surface area (Å²) in [6, 6.07) is 9.66. The van der Waals surface area contributed by atoms with Gasteiger partial charge in [-0.3, -0.25) is 4.79 Å². The standard InChI is InChI=1S/C24H33NO5/c1-3-4-6-10-17(2)23-21(30-24(25-23)18-11-7-5-8-12-18)16-15-20(27)19(26)13-9-14-22(28)29/h5,7-8,11-12,15-17,19-20,26-27H,3-4,6,9-10,13-14H2,1-2H3,(H,28,29)/b16-15+/t17-,19-,20+/m0/s1. The summed E-state index contributed by atoms with van der Waals surface area (Å²) < 4.78 is 6.00. The average Bonchev–Trinajstić information content (AvgIpc) is 3.16. The number of unbranched alkanes of at least 4 members (excludes halogenated alkanes) is 2. The van der Waals surface area contributed by atoms with E-state index < -0.39 is 18.2 Å². The predicted molar refractivity (Wildman–Crippen MR) is 117 cm³/mol. The van der Waals surface area contributed by atoms with E-state index in [-0.39, 0.29) is 18.8 Å². The van der Waals surface area contributed by atoms with Gasteiger partial charge in [-0.15, -0.1) is 0 Å². The third-order valence-electron chi connectivity index (χ3n) is 5.14. The van der Waals surface area contributed by atoms with E-state index in [1.54, 1.807) is 6.08 Å². The summed E-state index contributed by atoms with van der Waals surface area (Å²) in [6.45, 7) is 4.29. The monoisotopic (exact) mass is 415 g/mol. The molecule has 164 valence electrons. The maximum absolute atomic E-state index is 10.6. The number of aromatic nitrogens is 1. The van der Waals surface area contributed by atoms with E-state index in [0.29, 0.717) is 18.1 Å². The molecule has 3 N–H and O–H groups in total. The average molecular weight is 416 g/mol. The maximum atomic E-state index is 10.6. The highest BCUT2D eigenvalue weighted by molar-refractivity contribution is 5.66. The highest BCUT2D eigenvalue weighted by Crippen LogP contribution is 2.30. The first-order valence-electron chi connectivity index (χ1n) is 10.7. The zero-order valence-electron chi connectivity index (χ0n) is 17.8. The summed E-state index contributed by atoms with van der Waals surface area (Å²) in [6.07, 6.45) is 5.93. The number of hydrogen-bond donors (Lipinski definition) is 3. The molecule has 0 unspecified atom stereocenters. The topological polar surface area (TPSA) is 104 Å². The van der Waals surface area contributed by atoms with E-state index in [2.05, 4.69) is 13.8 Å². The van der Waals surface area contributed by atoms with Crippen molar-refractivity contribution in [1.29, 1.82) is 0 Å². The van der Waals surface area contributed by atoms with E-state index in [1.807, 2.05) is 30.3 Å². The van der Waals surface area contributed by atoms with Crippen LogP contribution in [0.1, 0.15) is 76.2 Å². The molecular formula is C24H33NO5. The summed E-state index contributed by atoms with van der Waals surface area (Å²) in [4.78, 5) is 15.3. The summed E-state index contributed by atoms with van der Waals surface area (Å²) in [5.41, 5.74) is 1.72.